The molecule has 5 atom stereocenters. The fourth-order valence-corrected chi connectivity index (χ4v) is 6.18. The maximum absolute atomic E-state index is 10.9. The molecule has 3 unspecified atom stereocenters. The maximum atomic E-state index is 10.9. The number of nitrogens with zero attached hydrogens (tertiary/aromatic N) is 4. The minimum absolute atomic E-state index is 0.401. The van der Waals surface area contributed by atoms with Crippen molar-refractivity contribution in [3.8, 4) is 11.4 Å². The van der Waals surface area contributed by atoms with E-state index in [0.29, 0.717) is 29.6 Å². The number of tetrazole rings is 1. The first-order valence-electron chi connectivity index (χ1n) is 9.60. The summed E-state index contributed by atoms with van der Waals surface area (Å²) < 4.78 is 0. The lowest BCUT2D eigenvalue weighted by Crippen LogP contribution is -2.59. The Kier molecular flexibility index (Phi) is 2.93. The number of aliphatic hydroxyl groups is 1. The number of aromatic nitrogens is 5. The molecule has 4 fully saturated rings. The molecule has 0 spiro atoms. The van der Waals surface area contributed by atoms with E-state index >= 15 is 0 Å². The van der Waals surface area contributed by atoms with E-state index in [1.165, 1.54) is 12.8 Å². The van der Waals surface area contributed by atoms with Crippen molar-refractivity contribution >= 4 is 11.8 Å². The number of anilines is 1. The van der Waals surface area contributed by atoms with Crippen molar-refractivity contribution in [3.63, 3.8) is 0 Å². The minimum atomic E-state index is -0.411. The lowest BCUT2D eigenvalue weighted by atomic mass is 9.52. The molecule has 2 aromatic heterocycles. The zero-order valence-corrected chi connectivity index (χ0v) is 14.5. The third-order valence-electron chi connectivity index (χ3n) is 6.93. The molecule has 0 saturated heterocycles. The molecule has 0 aromatic carbocycles. The van der Waals surface area contributed by atoms with Gasteiger partial charge in [0.25, 0.3) is 0 Å². The van der Waals surface area contributed by atoms with Crippen LogP contribution in [0.4, 0.5) is 5.69 Å². The molecule has 0 radical (unpaired) electrons. The number of nitrogens with one attached hydrogen (secondary N) is 2. The Balaban J connectivity index is 1.41. The number of allylic oxidation sites excluding steroid dienone is 1. The third kappa shape index (κ3) is 2.09. The summed E-state index contributed by atoms with van der Waals surface area (Å²) in [4.78, 5) is 4.61. The van der Waals surface area contributed by atoms with Gasteiger partial charge in [-0.2, -0.15) is 5.21 Å². The molecule has 0 aliphatic heterocycles. The Morgan fingerprint density at radius 3 is 2.77 bits per heavy atom. The minimum Gasteiger partial charge on any atom is -0.390 e. The van der Waals surface area contributed by atoms with Crippen LogP contribution in [0.1, 0.15) is 43.4 Å². The van der Waals surface area contributed by atoms with Gasteiger partial charge in [-0.3, -0.25) is 4.98 Å². The zero-order chi connectivity index (χ0) is 17.3. The summed E-state index contributed by atoms with van der Waals surface area (Å²) in [6.45, 7) is 0. The number of aromatic amines is 1. The van der Waals surface area contributed by atoms with Crippen molar-refractivity contribution in [2.75, 3.05) is 5.32 Å². The molecule has 4 saturated carbocycles. The molecule has 0 amide bonds. The first-order valence-corrected chi connectivity index (χ1v) is 9.60. The molecule has 7 nitrogen and oxygen atoms in total. The van der Waals surface area contributed by atoms with Crippen LogP contribution in [-0.2, 0) is 6.42 Å². The van der Waals surface area contributed by atoms with E-state index in [4.69, 9.17) is 0 Å². The number of hydrogen-bond donors (Lipinski definition) is 3. The monoisotopic (exact) mass is 350 g/mol. The van der Waals surface area contributed by atoms with Gasteiger partial charge < -0.3 is 10.4 Å². The van der Waals surface area contributed by atoms with Gasteiger partial charge in [0.1, 0.15) is 0 Å². The van der Waals surface area contributed by atoms with Gasteiger partial charge in [0, 0.05) is 24.2 Å². The van der Waals surface area contributed by atoms with E-state index in [0.717, 1.165) is 48.2 Å². The third-order valence-corrected chi connectivity index (χ3v) is 6.93. The highest BCUT2D eigenvalue weighted by Gasteiger charge is 2.54. The Labute approximate surface area is 151 Å². The van der Waals surface area contributed by atoms with Crippen molar-refractivity contribution in [1.29, 1.82) is 0 Å². The second-order valence-electron chi connectivity index (χ2n) is 8.61. The highest BCUT2D eigenvalue weighted by atomic mass is 16.3. The van der Waals surface area contributed by atoms with Gasteiger partial charge in [0.15, 0.2) is 0 Å². The van der Waals surface area contributed by atoms with Crippen LogP contribution in [0.5, 0.6) is 0 Å². The number of fused-ring (bicyclic) bond motifs is 1. The molecule has 2 heterocycles. The van der Waals surface area contributed by atoms with Gasteiger partial charge in [-0.05, 0) is 55.1 Å². The summed E-state index contributed by atoms with van der Waals surface area (Å²) in [7, 11) is 0. The van der Waals surface area contributed by atoms with Gasteiger partial charge in [-0.1, -0.05) is 12.2 Å². The van der Waals surface area contributed by atoms with Crippen molar-refractivity contribution in [2.24, 2.45) is 17.8 Å². The first kappa shape index (κ1) is 14.8. The van der Waals surface area contributed by atoms with Crippen LogP contribution in [0.25, 0.3) is 17.5 Å². The normalized spacial score (nSPS) is 36.5. The average molecular weight is 350 g/mol. The summed E-state index contributed by atoms with van der Waals surface area (Å²) in [5.41, 5.74) is 3.82. The van der Waals surface area contributed by atoms with Crippen LogP contribution in [0.2, 0.25) is 0 Å². The van der Waals surface area contributed by atoms with Crippen molar-refractivity contribution in [1.82, 2.24) is 25.6 Å². The van der Waals surface area contributed by atoms with E-state index in [-0.39, 0.29) is 0 Å². The van der Waals surface area contributed by atoms with Crippen molar-refractivity contribution in [3.05, 3.63) is 23.5 Å². The molecule has 7 rings (SSSR count). The topological polar surface area (TPSA) is 99.6 Å². The first-order chi connectivity index (χ1) is 12.7. The highest BCUT2D eigenvalue weighted by molar-refractivity contribution is 5.84. The molecular formula is C19H22N6O. The number of rotatable bonds is 3. The second kappa shape index (κ2) is 5.13. The molecule has 5 aliphatic rings. The number of H-pyrrole nitrogens is 1. The lowest BCUT2D eigenvalue weighted by molar-refractivity contribution is -0.129. The van der Waals surface area contributed by atoms with Gasteiger partial charge in [-0.15, -0.1) is 10.2 Å². The van der Waals surface area contributed by atoms with E-state index in [1.807, 2.05) is 6.20 Å². The van der Waals surface area contributed by atoms with Crippen LogP contribution < -0.4 is 5.32 Å². The molecule has 5 aliphatic carbocycles. The van der Waals surface area contributed by atoms with E-state index < -0.39 is 5.60 Å². The molecule has 4 bridgehead atoms. The number of pyridine rings is 1. The summed E-state index contributed by atoms with van der Waals surface area (Å²) in [6.07, 6.45) is 12.4. The molecule has 26 heavy (non-hydrogen) atoms. The SMILES string of the molecule is OC12CC3C[C@H](C1)C(Nc1c(-c4nn[nH]n4)cnc4c1C=CC4)[C@@H](C3)C2. The Morgan fingerprint density at radius 2 is 2.04 bits per heavy atom. The van der Waals surface area contributed by atoms with E-state index in [9.17, 15) is 5.11 Å². The van der Waals surface area contributed by atoms with Gasteiger partial charge in [0.05, 0.1) is 22.5 Å². The summed E-state index contributed by atoms with van der Waals surface area (Å²) in [6, 6.07) is 0.401. The Morgan fingerprint density at radius 1 is 1.19 bits per heavy atom. The second-order valence-corrected chi connectivity index (χ2v) is 8.61. The van der Waals surface area contributed by atoms with Gasteiger partial charge in [0.2, 0.25) is 5.82 Å². The van der Waals surface area contributed by atoms with Crippen LogP contribution in [-0.4, -0.2) is 42.4 Å². The fraction of sp³-hybridized carbons (Fsp3) is 0.579. The summed E-state index contributed by atoms with van der Waals surface area (Å²) >= 11 is 0. The lowest BCUT2D eigenvalue weighted by Gasteiger charge is -2.58. The molecule has 7 heteroatoms. The van der Waals surface area contributed by atoms with Crippen LogP contribution in [0.3, 0.4) is 0 Å². The van der Waals surface area contributed by atoms with E-state index in [1.54, 1.807) is 0 Å². The summed E-state index contributed by atoms with van der Waals surface area (Å²) in [5, 5.41) is 29.4. The largest absolute Gasteiger partial charge is 0.390 e. The molecule has 2 aromatic rings. The van der Waals surface area contributed by atoms with Gasteiger partial charge in [-0.25, -0.2) is 0 Å². The maximum Gasteiger partial charge on any atom is 0.208 e. The molecule has 134 valence electrons. The van der Waals surface area contributed by atoms with Gasteiger partial charge >= 0.3 is 0 Å². The zero-order valence-electron chi connectivity index (χ0n) is 14.5. The predicted molar refractivity (Wildman–Crippen MR) is 96.1 cm³/mol. The predicted octanol–water partition coefficient (Wildman–Crippen LogP) is 2.18. The quantitative estimate of drug-likeness (QED) is 0.785. The number of hydrogen-bond acceptors (Lipinski definition) is 6. The van der Waals surface area contributed by atoms with Crippen LogP contribution in [0.15, 0.2) is 12.3 Å². The summed E-state index contributed by atoms with van der Waals surface area (Å²) in [5.74, 6) is 2.36. The van der Waals surface area contributed by atoms with E-state index in [2.05, 4.69) is 43.1 Å². The highest BCUT2D eigenvalue weighted by Crippen LogP contribution is 2.56. The van der Waals surface area contributed by atoms with Crippen LogP contribution in [0, 0.1) is 17.8 Å². The Bertz CT molecular complexity index is 876. The Hall–Kier alpha value is -2.28. The smallest absolute Gasteiger partial charge is 0.208 e. The van der Waals surface area contributed by atoms with Crippen molar-refractivity contribution < 1.29 is 5.11 Å². The van der Waals surface area contributed by atoms with Crippen LogP contribution >= 0.6 is 0 Å². The standard InChI is InChI=1S/C19H22N6O/c26-19-6-10-4-11(7-19)16(12(5-10)8-19)21-17-13-2-1-3-15(13)20-9-14(17)18-22-24-25-23-18/h1-2,9-12,16,26H,3-8H2,(H,20,21)(H,22,23,24,25)/t10?,11-,12+,16?,19?. The molecule has 3 N–H and O–H groups in total. The average Bonchev–Trinajstić information content (AvgIpc) is 3.27. The fourth-order valence-electron chi connectivity index (χ4n) is 6.18. The van der Waals surface area contributed by atoms with Crippen molar-refractivity contribution in [2.45, 2.75) is 50.2 Å². The molecular weight excluding hydrogens is 328 g/mol.